The molecule has 0 atom stereocenters. The van der Waals surface area contributed by atoms with E-state index in [9.17, 15) is 18.8 Å². The highest BCUT2D eigenvalue weighted by molar-refractivity contribution is 5.98. The van der Waals surface area contributed by atoms with Crippen LogP contribution in [0, 0.1) is 5.82 Å². The molecule has 2 aromatic rings. The maximum atomic E-state index is 13.2. The Morgan fingerprint density at radius 2 is 1.93 bits per heavy atom. The van der Waals surface area contributed by atoms with E-state index in [-0.39, 0.29) is 18.1 Å². The van der Waals surface area contributed by atoms with Crippen LogP contribution < -0.4 is 5.32 Å². The fourth-order valence-corrected chi connectivity index (χ4v) is 3.54. The highest BCUT2D eigenvalue weighted by Crippen LogP contribution is 2.27. The van der Waals surface area contributed by atoms with E-state index in [1.807, 2.05) is 0 Å². The van der Waals surface area contributed by atoms with Crippen LogP contribution in [0.15, 0.2) is 24.3 Å². The standard InChI is InChI=1S/C19H19FN4O4/c20-12-5-7-13(8-6-12)24-15-4-2-1-3-14(15)17(22-24)18(26)28-11-16(25)23-10-9-21-19(23)27/h5-8H,1-4,9-11H2,(H,21,27). The Balaban J connectivity index is 1.55. The molecule has 1 aliphatic carbocycles. The van der Waals surface area contributed by atoms with Gasteiger partial charge in [-0.2, -0.15) is 5.10 Å². The number of nitrogens with zero attached hydrogens (tertiary/aromatic N) is 3. The third-order valence-corrected chi connectivity index (χ3v) is 4.93. The van der Waals surface area contributed by atoms with Crippen LogP contribution in [-0.4, -0.2) is 52.3 Å². The van der Waals surface area contributed by atoms with Crippen molar-refractivity contribution in [2.75, 3.05) is 19.7 Å². The minimum absolute atomic E-state index is 0.165. The zero-order valence-corrected chi connectivity index (χ0v) is 15.1. The lowest BCUT2D eigenvalue weighted by Gasteiger charge is -2.14. The van der Waals surface area contributed by atoms with Gasteiger partial charge in [0.2, 0.25) is 0 Å². The summed E-state index contributed by atoms with van der Waals surface area (Å²) in [7, 11) is 0. The van der Waals surface area contributed by atoms with Crippen LogP contribution in [0.25, 0.3) is 5.69 Å². The summed E-state index contributed by atoms with van der Waals surface area (Å²) in [5, 5.41) is 6.92. The number of halogens is 1. The van der Waals surface area contributed by atoms with Gasteiger partial charge in [-0.3, -0.25) is 9.69 Å². The molecule has 2 heterocycles. The number of urea groups is 1. The summed E-state index contributed by atoms with van der Waals surface area (Å²) in [5.41, 5.74) is 2.52. The third kappa shape index (κ3) is 3.35. The number of imide groups is 1. The number of fused-ring (bicyclic) bond motifs is 1. The van der Waals surface area contributed by atoms with Gasteiger partial charge in [-0.25, -0.2) is 18.7 Å². The number of benzene rings is 1. The fourth-order valence-electron chi connectivity index (χ4n) is 3.54. The van der Waals surface area contributed by atoms with Gasteiger partial charge in [0.05, 0.1) is 5.69 Å². The van der Waals surface area contributed by atoms with Crippen LogP contribution in [0.1, 0.15) is 34.6 Å². The molecule has 1 aliphatic heterocycles. The second-order valence-corrected chi connectivity index (χ2v) is 6.72. The van der Waals surface area contributed by atoms with Gasteiger partial charge in [0.15, 0.2) is 12.3 Å². The first-order valence-electron chi connectivity index (χ1n) is 9.16. The third-order valence-electron chi connectivity index (χ3n) is 4.93. The average Bonchev–Trinajstić information content (AvgIpc) is 3.30. The van der Waals surface area contributed by atoms with Crippen LogP contribution in [0.3, 0.4) is 0 Å². The Bertz CT molecular complexity index is 938. The Labute approximate surface area is 160 Å². The first-order valence-corrected chi connectivity index (χ1v) is 9.16. The molecule has 8 nitrogen and oxygen atoms in total. The molecule has 1 saturated heterocycles. The Morgan fingerprint density at radius 3 is 2.64 bits per heavy atom. The summed E-state index contributed by atoms with van der Waals surface area (Å²) < 4.78 is 20.0. The monoisotopic (exact) mass is 386 g/mol. The van der Waals surface area contributed by atoms with Crippen molar-refractivity contribution >= 4 is 17.9 Å². The number of hydrogen-bond acceptors (Lipinski definition) is 5. The number of hydrogen-bond donors (Lipinski definition) is 1. The normalized spacial score (nSPS) is 15.9. The zero-order valence-electron chi connectivity index (χ0n) is 15.1. The number of nitrogens with one attached hydrogen (secondary N) is 1. The van der Waals surface area contributed by atoms with E-state index >= 15 is 0 Å². The van der Waals surface area contributed by atoms with E-state index in [0.29, 0.717) is 18.7 Å². The Hall–Kier alpha value is -3.23. The highest BCUT2D eigenvalue weighted by atomic mass is 19.1. The molecule has 1 aromatic heterocycles. The van der Waals surface area contributed by atoms with E-state index < -0.39 is 24.5 Å². The molecular formula is C19H19FN4O4. The van der Waals surface area contributed by atoms with Gasteiger partial charge < -0.3 is 10.1 Å². The molecule has 28 heavy (non-hydrogen) atoms. The second-order valence-electron chi connectivity index (χ2n) is 6.72. The van der Waals surface area contributed by atoms with Crippen molar-refractivity contribution in [1.29, 1.82) is 0 Å². The number of carbonyl (C=O) groups excluding carboxylic acids is 3. The van der Waals surface area contributed by atoms with Gasteiger partial charge in [-0.15, -0.1) is 0 Å². The summed E-state index contributed by atoms with van der Waals surface area (Å²) in [5.74, 6) is -1.63. The predicted molar refractivity (Wildman–Crippen MR) is 95.6 cm³/mol. The van der Waals surface area contributed by atoms with Gasteiger partial charge >= 0.3 is 12.0 Å². The topological polar surface area (TPSA) is 93.5 Å². The molecule has 146 valence electrons. The van der Waals surface area contributed by atoms with Crippen molar-refractivity contribution in [2.24, 2.45) is 0 Å². The molecule has 2 aliphatic rings. The maximum Gasteiger partial charge on any atom is 0.359 e. The smallest absolute Gasteiger partial charge is 0.359 e. The SMILES string of the molecule is O=C(OCC(=O)N1CCNC1=O)c1nn(-c2ccc(F)cc2)c2c1CCCC2. The lowest BCUT2D eigenvalue weighted by atomic mass is 9.95. The van der Waals surface area contributed by atoms with Crippen molar-refractivity contribution in [3.05, 3.63) is 47.0 Å². The van der Waals surface area contributed by atoms with Crippen molar-refractivity contribution in [2.45, 2.75) is 25.7 Å². The minimum atomic E-state index is -0.702. The lowest BCUT2D eigenvalue weighted by molar-refractivity contribution is -0.130. The maximum absolute atomic E-state index is 13.2. The summed E-state index contributed by atoms with van der Waals surface area (Å²) in [6.07, 6.45) is 3.33. The predicted octanol–water partition coefficient (Wildman–Crippen LogP) is 1.60. The van der Waals surface area contributed by atoms with Crippen LogP contribution in [0.5, 0.6) is 0 Å². The molecule has 0 saturated carbocycles. The zero-order chi connectivity index (χ0) is 19.7. The molecular weight excluding hydrogens is 367 g/mol. The van der Waals surface area contributed by atoms with Crippen LogP contribution in [0.2, 0.25) is 0 Å². The van der Waals surface area contributed by atoms with E-state index in [0.717, 1.165) is 35.4 Å². The van der Waals surface area contributed by atoms with Gasteiger partial charge in [0.1, 0.15) is 5.82 Å². The molecule has 0 unspecified atom stereocenters. The summed E-state index contributed by atoms with van der Waals surface area (Å²) in [6.45, 7) is 0.113. The second kappa shape index (κ2) is 7.41. The van der Waals surface area contributed by atoms with Crippen molar-refractivity contribution < 1.29 is 23.5 Å². The number of esters is 1. The highest BCUT2D eigenvalue weighted by Gasteiger charge is 2.29. The van der Waals surface area contributed by atoms with Gasteiger partial charge in [-0.05, 0) is 49.9 Å². The van der Waals surface area contributed by atoms with Crippen LogP contribution in [0.4, 0.5) is 9.18 Å². The van der Waals surface area contributed by atoms with E-state index in [1.165, 1.54) is 12.1 Å². The molecule has 0 spiro atoms. The number of amides is 3. The summed E-state index contributed by atoms with van der Waals surface area (Å²) in [4.78, 5) is 37.2. The number of rotatable bonds is 4. The lowest BCUT2D eigenvalue weighted by Crippen LogP contribution is -2.37. The molecule has 1 fully saturated rings. The number of carbonyl (C=O) groups is 3. The van der Waals surface area contributed by atoms with Gasteiger partial charge in [0, 0.05) is 24.3 Å². The van der Waals surface area contributed by atoms with Crippen molar-refractivity contribution in [3.63, 3.8) is 0 Å². The average molecular weight is 386 g/mol. The first-order chi connectivity index (χ1) is 13.5. The fraction of sp³-hybridized carbons (Fsp3) is 0.368. The molecule has 0 bridgehead atoms. The van der Waals surface area contributed by atoms with E-state index in [2.05, 4.69) is 10.4 Å². The van der Waals surface area contributed by atoms with Gasteiger partial charge in [0.25, 0.3) is 5.91 Å². The van der Waals surface area contributed by atoms with Crippen molar-refractivity contribution in [1.82, 2.24) is 20.0 Å². The van der Waals surface area contributed by atoms with Crippen LogP contribution >= 0.6 is 0 Å². The van der Waals surface area contributed by atoms with Crippen LogP contribution in [-0.2, 0) is 22.4 Å². The Kier molecular flexibility index (Phi) is 4.81. The van der Waals surface area contributed by atoms with E-state index in [4.69, 9.17) is 4.74 Å². The molecule has 4 rings (SSSR count). The largest absolute Gasteiger partial charge is 0.451 e. The molecule has 9 heteroatoms. The summed E-state index contributed by atoms with van der Waals surface area (Å²) in [6, 6.07) is 5.39. The summed E-state index contributed by atoms with van der Waals surface area (Å²) >= 11 is 0. The molecule has 1 N–H and O–H groups in total. The molecule has 3 amide bonds. The van der Waals surface area contributed by atoms with Gasteiger partial charge in [-0.1, -0.05) is 0 Å². The Morgan fingerprint density at radius 1 is 1.18 bits per heavy atom. The van der Waals surface area contributed by atoms with Crippen molar-refractivity contribution in [3.8, 4) is 5.69 Å². The first kappa shape index (κ1) is 18.1. The molecule has 0 radical (unpaired) electrons. The number of ether oxygens (including phenoxy) is 1. The molecule has 1 aromatic carbocycles. The number of aromatic nitrogens is 2. The van der Waals surface area contributed by atoms with E-state index in [1.54, 1.807) is 16.8 Å². The minimum Gasteiger partial charge on any atom is -0.451 e. The quantitative estimate of drug-likeness (QED) is 0.806.